The molecule has 2 aromatic rings. The standard InChI is InChI=1S/C21H27N5O3/c1-14-7-8-16(12-23-14)24-21(28)25-18-6-4-5-15-13-26(10-9-17(15)18)20(29-3)11-19(27)22-2/h4-8,12,20H,9-11,13H2,1-3H3,(H,22,27)(H2,24,25,28). The highest BCUT2D eigenvalue weighted by molar-refractivity contribution is 6.00. The van der Waals surface area contributed by atoms with Gasteiger partial charge in [0.25, 0.3) is 0 Å². The second-order valence-electron chi connectivity index (χ2n) is 7.00. The van der Waals surface area contributed by atoms with E-state index < -0.39 is 0 Å². The topological polar surface area (TPSA) is 95.6 Å². The van der Waals surface area contributed by atoms with Crippen LogP contribution in [0.2, 0.25) is 0 Å². The Morgan fingerprint density at radius 1 is 1.24 bits per heavy atom. The molecular formula is C21H27N5O3. The van der Waals surface area contributed by atoms with Gasteiger partial charge in [-0.05, 0) is 42.7 Å². The van der Waals surface area contributed by atoms with Crippen LogP contribution in [-0.4, -0.2) is 48.8 Å². The maximum atomic E-state index is 12.4. The molecule has 8 heteroatoms. The van der Waals surface area contributed by atoms with E-state index in [1.165, 1.54) is 0 Å². The summed E-state index contributed by atoms with van der Waals surface area (Å²) in [5.41, 5.74) is 4.55. The second kappa shape index (κ2) is 9.49. The van der Waals surface area contributed by atoms with Gasteiger partial charge in [-0.1, -0.05) is 12.1 Å². The van der Waals surface area contributed by atoms with Crippen molar-refractivity contribution < 1.29 is 14.3 Å². The summed E-state index contributed by atoms with van der Waals surface area (Å²) in [5.74, 6) is -0.0552. The second-order valence-corrected chi connectivity index (χ2v) is 7.00. The van der Waals surface area contributed by atoms with Gasteiger partial charge in [0.15, 0.2) is 0 Å². The number of rotatable bonds is 6. The van der Waals surface area contributed by atoms with Crippen molar-refractivity contribution in [2.45, 2.75) is 32.5 Å². The van der Waals surface area contributed by atoms with E-state index in [0.29, 0.717) is 12.2 Å². The minimum atomic E-state index is -0.305. The summed E-state index contributed by atoms with van der Waals surface area (Å²) in [5, 5.41) is 8.38. The van der Waals surface area contributed by atoms with Crippen LogP contribution in [0.1, 0.15) is 23.2 Å². The zero-order valence-corrected chi connectivity index (χ0v) is 17.0. The molecule has 0 fully saturated rings. The molecule has 1 unspecified atom stereocenters. The number of anilines is 2. The van der Waals surface area contributed by atoms with E-state index in [9.17, 15) is 9.59 Å². The van der Waals surface area contributed by atoms with Crippen molar-refractivity contribution >= 4 is 23.3 Å². The zero-order valence-electron chi connectivity index (χ0n) is 17.0. The SMILES string of the molecule is CNC(=O)CC(OC)N1CCc2c(cccc2NC(=O)Nc2ccc(C)nc2)C1. The van der Waals surface area contributed by atoms with Crippen LogP contribution < -0.4 is 16.0 Å². The largest absolute Gasteiger partial charge is 0.366 e. The molecule has 29 heavy (non-hydrogen) atoms. The number of fused-ring (bicyclic) bond motifs is 1. The van der Waals surface area contributed by atoms with Crippen LogP contribution in [0.25, 0.3) is 0 Å². The van der Waals surface area contributed by atoms with Crippen molar-refractivity contribution in [3.8, 4) is 0 Å². The molecule has 0 spiro atoms. The first kappa shape index (κ1) is 20.8. The first-order chi connectivity index (χ1) is 14.0. The van der Waals surface area contributed by atoms with Crippen molar-refractivity contribution in [2.75, 3.05) is 31.3 Å². The molecule has 0 radical (unpaired) electrons. The van der Waals surface area contributed by atoms with Gasteiger partial charge in [-0.25, -0.2) is 4.79 Å². The summed E-state index contributed by atoms with van der Waals surface area (Å²) in [6, 6.07) is 9.23. The number of carbonyl (C=O) groups excluding carboxylic acids is 2. The number of carbonyl (C=O) groups is 2. The van der Waals surface area contributed by atoms with Crippen LogP contribution in [0.3, 0.4) is 0 Å². The molecule has 0 bridgehead atoms. The Balaban J connectivity index is 1.67. The number of hydrogen-bond acceptors (Lipinski definition) is 5. The summed E-state index contributed by atoms with van der Waals surface area (Å²) in [7, 11) is 3.24. The molecule has 2 heterocycles. The van der Waals surface area contributed by atoms with Gasteiger partial charge in [0, 0.05) is 38.6 Å². The van der Waals surface area contributed by atoms with Gasteiger partial charge in [0.1, 0.15) is 6.23 Å². The summed E-state index contributed by atoms with van der Waals surface area (Å²) >= 11 is 0. The molecule has 154 valence electrons. The van der Waals surface area contributed by atoms with Crippen molar-refractivity contribution in [1.29, 1.82) is 0 Å². The van der Waals surface area contributed by atoms with Gasteiger partial charge in [-0.2, -0.15) is 0 Å². The summed E-state index contributed by atoms with van der Waals surface area (Å²) < 4.78 is 5.53. The smallest absolute Gasteiger partial charge is 0.323 e. The van der Waals surface area contributed by atoms with E-state index >= 15 is 0 Å². The zero-order chi connectivity index (χ0) is 20.8. The lowest BCUT2D eigenvalue weighted by Crippen LogP contribution is -2.43. The average molecular weight is 397 g/mol. The fraction of sp³-hybridized carbons (Fsp3) is 0.381. The van der Waals surface area contributed by atoms with Crippen molar-refractivity contribution in [2.24, 2.45) is 0 Å². The number of pyridine rings is 1. The van der Waals surface area contributed by atoms with Gasteiger partial charge < -0.3 is 20.7 Å². The molecule has 1 atom stereocenters. The highest BCUT2D eigenvalue weighted by atomic mass is 16.5. The van der Waals surface area contributed by atoms with Gasteiger partial charge in [-0.15, -0.1) is 0 Å². The highest BCUT2D eigenvalue weighted by Gasteiger charge is 2.26. The lowest BCUT2D eigenvalue weighted by molar-refractivity contribution is -0.128. The Bertz CT molecular complexity index is 869. The number of nitrogens with zero attached hydrogens (tertiary/aromatic N) is 2. The van der Waals surface area contributed by atoms with Crippen LogP contribution in [0.15, 0.2) is 36.5 Å². The third-order valence-corrected chi connectivity index (χ3v) is 5.03. The van der Waals surface area contributed by atoms with Crippen LogP contribution in [-0.2, 0) is 22.5 Å². The van der Waals surface area contributed by atoms with Crippen LogP contribution in [0.4, 0.5) is 16.2 Å². The normalized spacial score (nSPS) is 14.6. The Hall–Kier alpha value is -2.97. The number of urea groups is 1. The van der Waals surface area contributed by atoms with E-state index in [4.69, 9.17) is 4.74 Å². The number of benzene rings is 1. The maximum absolute atomic E-state index is 12.4. The summed E-state index contributed by atoms with van der Waals surface area (Å²) in [4.78, 5) is 30.5. The van der Waals surface area contributed by atoms with E-state index in [2.05, 4.69) is 25.8 Å². The van der Waals surface area contributed by atoms with E-state index in [-0.39, 0.29) is 24.6 Å². The minimum Gasteiger partial charge on any atom is -0.366 e. The van der Waals surface area contributed by atoms with Gasteiger partial charge in [0.2, 0.25) is 5.91 Å². The van der Waals surface area contributed by atoms with Crippen molar-refractivity contribution in [1.82, 2.24) is 15.2 Å². The average Bonchev–Trinajstić information content (AvgIpc) is 2.73. The Labute approximate surface area is 170 Å². The summed E-state index contributed by atoms with van der Waals surface area (Å²) in [6.45, 7) is 3.29. The minimum absolute atomic E-state index is 0.0552. The Morgan fingerprint density at radius 3 is 2.76 bits per heavy atom. The Morgan fingerprint density at radius 2 is 2.07 bits per heavy atom. The van der Waals surface area contributed by atoms with Crippen LogP contribution >= 0.6 is 0 Å². The molecule has 1 aromatic heterocycles. The quantitative estimate of drug-likeness (QED) is 0.696. The van der Waals surface area contributed by atoms with E-state index in [1.54, 1.807) is 20.4 Å². The fourth-order valence-corrected chi connectivity index (χ4v) is 3.44. The highest BCUT2D eigenvalue weighted by Crippen LogP contribution is 2.28. The van der Waals surface area contributed by atoms with Gasteiger partial charge in [-0.3, -0.25) is 14.7 Å². The first-order valence-electron chi connectivity index (χ1n) is 9.59. The molecule has 0 saturated heterocycles. The molecule has 3 N–H and O–H groups in total. The predicted molar refractivity (Wildman–Crippen MR) is 112 cm³/mol. The summed E-state index contributed by atoms with van der Waals surface area (Å²) in [6.07, 6.45) is 2.39. The lowest BCUT2D eigenvalue weighted by atomic mass is 9.97. The molecule has 8 nitrogen and oxygen atoms in total. The number of aryl methyl sites for hydroxylation is 1. The number of methoxy groups -OCH3 is 1. The lowest BCUT2D eigenvalue weighted by Gasteiger charge is -2.35. The number of amides is 3. The van der Waals surface area contributed by atoms with Crippen LogP contribution in [0.5, 0.6) is 0 Å². The van der Waals surface area contributed by atoms with Gasteiger partial charge >= 0.3 is 6.03 Å². The van der Waals surface area contributed by atoms with Crippen molar-refractivity contribution in [3.05, 3.63) is 53.3 Å². The molecule has 1 aliphatic heterocycles. The number of aromatic nitrogens is 1. The third kappa shape index (κ3) is 5.30. The maximum Gasteiger partial charge on any atom is 0.323 e. The third-order valence-electron chi connectivity index (χ3n) is 5.03. The predicted octanol–water partition coefficient (Wildman–Crippen LogP) is 2.50. The monoisotopic (exact) mass is 397 g/mol. The molecule has 3 rings (SSSR count). The van der Waals surface area contributed by atoms with Crippen LogP contribution in [0, 0.1) is 6.92 Å². The Kier molecular flexibility index (Phi) is 6.79. The number of nitrogens with one attached hydrogen (secondary N) is 3. The number of hydrogen-bond donors (Lipinski definition) is 3. The molecule has 1 aliphatic rings. The first-order valence-corrected chi connectivity index (χ1v) is 9.59. The molecule has 0 aliphatic carbocycles. The fourth-order valence-electron chi connectivity index (χ4n) is 3.44. The molecular weight excluding hydrogens is 370 g/mol. The number of ether oxygens (including phenoxy) is 1. The molecule has 0 saturated carbocycles. The van der Waals surface area contributed by atoms with Crippen molar-refractivity contribution in [3.63, 3.8) is 0 Å². The van der Waals surface area contributed by atoms with E-state index in [0.717, 1.165) is 35.5 Å². The molecule has 1 aromatic carbocycles. The van der Waals surface area contributed by atoms with Gasteiger partial charge in [0.05, 0.1) is 18.3 Å². The van der Waals surface area contributed by atoms with E-state index in [1.807, 2.05) is 37.3 Å². The molecule has 3 amide bonds.